The third-order valence-corrected chi connectivity index (χ3v) is 2.41. The average molecular weight is 227 g/mol. The van der Waals surface area contributed by atoms with Crippen molar-refractivity contribution in [3.63, 3.8) is 0 Å². The fourth-order valence-electron chi connectivity index (χ4n) is 1.59. The summed E-state index contributed by atoms with van der Waals surface area (Å²) in [6.07, 6.45) is 2.15. The Hall–Kier alpha value is -1.72. The third kappa shape index (κ3) is 2.44. The quantitative estimate of drug-likeness (QED) is 0.811. The Labute approximate surface area is 91.1 Å². The van der Waals surface area contributed by atoms with Gasteiger partial charge in [0, 0.05) is 25.1 Å². The lowest BCUT2D eigenvalue weighted by Gasteiger charge is -2.11. The molecule has 0 bridgehead atoms. The topological polar surface area (TPSA) is 54.0 Å². The molecule has 1 aliphatic rings. The zero-order chi connectivity index (χ0) is 11.5. The molecule has 2 rings (SSSR count). The van der Waals surface area contributed by atoms with Gasteiger partial charge in [0.2, 0.25) is 5.91 Å². The van der Waals surface area contributed by atoms with E-state index in [1.807, 2.05) is 0 Å². The van der Waals surface area contributed by atoms with Crippen LogP contribution in [0.15, 0.2) is 12.3 Å². The van der Waals surface area contributed by atoms with E-state index >= 15 is 0 Å². The Morgan fingerprint density at radius 3 is 3.00 bits per heavy atom. The minimum absolute atomic E-state index is 0.000614. The second-order valence-corrected chi connectivity index (χ2v) is 3.67. The van der Waals surface area contributed by atoms with Gasteiger partial charge in [0.05, 0.1) is 6.20 Å². The number of rotatable bonds is 3. The van der Waals surface area contributed by atoms with Crippen molar-refractivity contribution < 1.29 is 13.6 Å². The van der Waals surface area contributed by atoms with Crippen molar-refractivity contribution in [2.45, 2.75) is 18.9 Å². The summed E-state index contributed by atoms with van der Waals surface area (Å²) in [5, 5.41) is 5.46. The summed E-state index contributed by atoms with van der Waals surface area (Å²) >= 11 is 0. The molecule has 1 atom stereocenters. The van der Waals surface area contributed by atoms with Gasteiger partial charge in [0.1, 0.15) is 5.82 Å². The smallest absolute Gasteiger partial charge is 0.220 e. The van der Waals surface area contributed by atoms with Crippen molar-refractivity contribution >= 4 is 11.7 Å². The zero-order valence-electron chi connectivity index (χ0n) is 8.46. The van der Waals surface area contributed by atoms with Crippen molar-refractivity contribution in [1.29, 1.82) is 0 Å². The van der Waals surface area contributed by atoms with E-state index < -0.39 is 11.6 Å². The van der Waals surface area contributed by atoms with E-state index in [1.54, 1.807) is 0 Å². The number of amides is 1. The first-order valence-corrected chi connectivity index (χ1v) is 4.99. The van der Waals surface area contributed by atoms with Gasteiger partial charge in [0.15, 0.2) is 11.6 Å². The Kier molecular flexibility index (Phi) is 2.98. The number of nitrogens with one attached hydrogen (secondary N) is 2. The first kappa shape index (κ1) is 10.8. The maximum atomic E-state index is 13.1. The monoisotopic (exact) mass is 227 g/mol. The van der Waals surface area contributed by atoms with Crippen LogP contribution in [0.5, 0.6) is 0 Å². The average Bonchev–Trinajstić information content (AvgIpc) is 2.63. The van der Waals surface area contributed by atoms with Gasteiger partial charge in [0.25, 0.3) is 0 Å². The molecular weight excluding hydrogens is 216 g/mol. The molecule has 0 aliphatic carbocycles. The van der Waals surface area contributed by atoms with Crippen molar-refractivity contribution in [2.24, 2.45) is 0 Å². The predicted molar refractivity (Wildman–Crippen MR) is 53.8 cm³/mol. The molecule has 1 unspecified atom stereocenters. The van der Waals surface area contributed by atoms with Crippen LogP contribution in [0.4, 0.5) is 14.6 Å². The molecular formula is C10H11F2N3O. The molecule has 6 heteroatoms. The molecule has 0 saturated carbocycles. The SMILES string of the molecule is O=C1CCC(CNc2ncc(F)cc2F)N1. The summed E-state index contributed by atoms with van der Waals surface area (Å²) in [5.74, 6) is -1.44. The Bertz CT molecular complexity index is 411. The summed E-state index contributed by atoms with van der Waals surface area (Å²) in [6, 6.07) is 0.751. The highest BCUT2D eigenvalue weighted by atomic mass is 19.1. The predicted octanol–water partition coefficient (Wildman–Crippen LogP) is 1.05. The maximum Gasteiger partial charge on any atom is 0.220 e. The number of hydrogen-bond acceptors (Lipinski definition) is 3. The lowest BCUT2D eigenvalue weighted by Crippen LogP contribution is -2.32. The van der Waals surface area contributed by atoms with Crippen LogP contribution in [-0.2, 0) is 4.79 Å². The number of carbonyl (C=O) groups excluding carboxylic acids is 1. The summed E-state index contributed by atoms with van der Waals surface area (Å²) in [6.45, 7) is 0.390. The molecule has 0 aromatic carbocycles. The molecule has 1 aromatic heterocycles. The van der Waals surface area contributed by atoms with Crippen LogP contribution < -0.4 is 10.6 Å². The van der Waals surface area contributed by atoms with E-state index in [-0.39, 0.29) is 17.8 Å². The molecule has 86 valence electrons. The molecule has 2 heterocycles. The molecule has 2 N–H and O–H groups in total. The number of aromatic nitrogens is 1. The number of nitrogens with zero attached hydrogens (tertiary/aromatic N) is 1. The van der Waals surface area contributed by atoms with Crippen LogP contribution in [0.2, 0.25) is 0 Å². The zero-order valence-corrected chi connectivity index (χ0v) is 8.46. The molecule has 16 heavy (non-hydrogen) atoms. The lowest BCUT2D eigenvalue weighted by atomic mass is 10.2. The van der Waals surface area contributed by atoms with Gasteiger partial charge in [-0.25, -0.2) is 13.8 Å². The van der Waals surface area contributed by atoms with Crippen molar-refractivity contribution in [3.8, 4) is 0 Å². The summed E-state index contributed by atoms with van der Waals surface area (Å²) in [5.41, 5.74) is 0. The molecule has 0 radical (unpaired) electrons. The van der Waals surface area contributed by atoms with Crippen molar-refractivity contribution in [3.05, 3.63) is 23.9 Å². The minimum Gasteiger partial charge on any atom is -0.366 e. The van der Waals surface area contributed by atoms with E-state index in [4.69, 9.17) is 0 Å². The summed E-state index contributed by atoms with van der Waals surface area (Å²) < 4.78 is 25.7. The van der Waals surface area contributed by atoms with Crippen molar-refractivity contribution in [1.82, 2.24) is 10.3 Å². The van der Waals surface area contributed by atoms with Gasteiger partial charge in [-0.3, -0.25) is 4.79 Å². The van der Waals surface area contributed by atoms with E-state index in [1.165, 1.54) is 0 Å². The van der Waals surface area contributed by atoms with E-state index in [0.717, 1.165) is 12.3 Å². The Morgan fingerprint density at radius 1 is 1.56 bits per heavy atom. The van der Waals surface area contributed by atoms with Crippen LogP contribution in [0.3, 0.4) is 0 Å². The van der Waals surface area contributed by atoms with E-state index in [0.29, 0.717) is 19.4 Å². The van der Waals surface area contributed by atoms with E-state index in [2.05, 4.69) is 15.6 Å². The second-order valence-electron chi connectivity index (χ2n) is 3.67. The van der Waals surface area contributed by atoms with Gasteiger partial charge < -0.3 is 10.6 Å². The molecule has 0 spiro atoms. The normalized spacial score (nSPS) is 19.6. The van der Waals surface area contributed by atoms with Crippen LogP contribution >= 0.6 is 0 Å². The molecule has 1 fully saturated rings. The van der Waals surface area contributed by atoms with Gasteiger partial charge in [-0.2, -0.15) is 0 Å². The minimum atomic E-state index is -0.732. The van der Waals surface area contributed by atoms with Crippen LogP contribution in [0.25, 0.3) is 0 Å². The van der Waals surface area contributed by atoms with Crippen LogP contribution in [0, 0.1) is 11.6 Å². The molecule has 1 aromatic rings. The largest absolute Gasteiger partial charge is 0.366 e. The molecule has 4 nitrogen and oxygen atoms in total. The number of halogens is 2. The van der Waals surface area contributed by atoms with Gasteiger partial charge in [-0.1, -0.05) is 0 Å². The fourth-order valence-corrected chi connectivity index (χ4v) is 1.59. The van der Waals surface area contributed by atoms with Gasteiger partial charge >= 0.3 is 0 Å². The number of carbonyl (C=O) groups is 1. The van der Waals surface area contributed by atoms with E-state index in [9.17, 15) is 13.6 Å². The highest BCUT2D eigenvalue weighted by Gasteiger charge is 2.20. The highest BCUT2D eigenvalue weighted by molar-refractivity contribution is 5.78. The fraction of sp³-hybridized carbons (Fsp3) is 0.400. The molecule has 1 saturated heterocycles. The van der Waals surface area contributed by atoms with Crippen molar-refractivity contribution in [2.75, 3.05) is 11.9 Å². The molecule has 1 amide bonds. The molecule has 1 aliphatic heterocycles. The second kappa shape index (κ2) is 4.42. The van der Waals surface area contributed by atoms with Gasteiger partial charge in [-0.15, -0.1) is 0 Å². The maximum absolute atomic E-state index is 13.1. The Balaban J connectivity index is 1.92. The lowest BCUT2D eigenvalue weighted by molar-refractivity contribution is -0.119. The van der Waals surface area contributed by atoms with Crippen LogP contribution in [-0.4, -0.2) is 23.5 Å². The summed E-state index contributed by atoms with van der Waals surface area (Å²) in [7, 11) is 0. The third-order valence-electron chi connectivity index (χ3n) is 2.41. The van der Waals surface area contributed by atoms with Gasteiger partial charge in [-0.05, 0) is 6.42 Å². The number of hydrogen-bond donors (Lipinski definition) is 2. The summed E-state index contributed by atoms with van der Waals surface area (Å²) in [4.78, 5) is 14.5. The first-order chi connectivity index (χ1) is 7.65. The van der Waals surface area contributed by atoms with Crippen LogP contribution in [0.1, 0.15) is 12.8 Å². The standard InChI is InChI=1S/C10H11F2N3O/c11-6-3-8(12)10(13-4-6)14-5-7-1-2-9(16)15-7/h3-4,7H,1-2,5H2,(H,13,14)(H,15,16). The number of pyridine rings is 1. The number of anilines is 1. The Morgan fingerprint density at radius 2 is 2.38 bits per heavy atom. The first-order valence-electron chi connectivity index (χ1n) is 4.99. The highest BCUT2D eigenvalue weighted by Crippen LogP contribution is 2.12.